The first kappa shape index (κ1) is 18.3. The first-order valence-corrected chi connectivity index (χ1v) is 10.7. The van der Waals surface area contributed by atoms with E-state index in [4.69, 9.17) is 14.2 Å². The molecule has 0 radical (unpaired) electrons. The quantitative estimate of drug-likeness (QED) is 0.559. The van der Waals surface area contributed by atoms with Gasteiger partial charge in [-0.1, -0.05) is 41.1 Å². The summed E-state index contributed by atoms with van der Waals surface area (Å²) < 4.78 is 19.5. The number of rotatable bonds is 3. The SMILES string of the molecule is COc1cc(OC)c2c(c1)C1=CCC[C@]3(C)CC[C@]13O[C@H]2c1ccc(Br)cc1. The van der Waals surface area contributed by atoms with Gasteiger partial charge in [-0.3, -0.25) is 0 Å². The van der Waals surface area contributed by atoms with E-state index in [2.05, 4.69) is 59.3 Å². The highest BCUT2D eigenvalue weighted by Crippen LogP contribution is 2.68. The fourth-order valence-corrected chi connectivity index (χ4v) is 5.64. The molecule has 0 unspecified atom stereocenters. The highest BCUT2D eigenvalue weighted by Gasteiger charge is 2.63. The van der Waals surface area contributed by atoms with Crippen LogP contribution < -0.4 is 9.47 Å². The first-order valence-electron chi connectivity index (χ1n) is 9.91. The summed E-state index contributed by atoms with van der Waals surface area (Å²) in [4.78, 5) is 0. The summed E-state index contributed by atoms with van der Waals surface area (Å²) in [5.41, 5.74) is 4.79. The lowest BCUT2D eigenvalue weighted by molar-refractivity contribution is -0.188. The molecular formula is C24H25BrO3. The monoisotopic (exact) mass is 440 g/mol. The number of methoxy groups -OCH3 is 2. The van der Waals surface area contributed by atoms with Crippen molar-refractivity contribution in [3.63, 3.8) is 0 Å². The van der Waals surface area contributed by atoms with Gasteiger partial charge < -0.3 is 14.2 Å². The number of ether oxygens (including phenoxy) is 3. The van der Waals surface area contributed by atoms with Crippen LogP contribution in [0.3, 0.4) is 0 Å². The molecule has 0 bridgehead atoms. The van der Waals surface area contributed by atoms with Gasteiger partial charge in [0.05, 0.1) is 14.2 Å². The molecule has 3 atom stereocenters. The molecular weight excluding hydrogens is 416 g/mol. The molecule has 1 heterocycles. The highest BCUT2D eigenvalue weighted by atomic mass is 79.9. The van der Waals surface area contributed by atoms with E-state index in [1.807, 2.05) is 6.07 Å². The van der Waals surface area contributed by atoms with Crippen molar-refractivity contribution in [2.24, 2.45) is 5.41 Å². The molecule has 28 heavy (non-hydrogen) atoms. The average molecular weight is 441 g/mol. The molecule has 1 spiro atoms. The Labute approximate surface area is 174 Å². The Bertz CT molecular complexity index is 965. The van der Waals surface area contributed by atoms with Crippen LogP contribution >= 0.6 is 15.9 Å². The van der Waals surface area contributed by atoms with Gasteiger partial charge in [0.15, 0.2) is 0 Å². The summed E-state index contributed by atoms with van der Waals surface area (Å²) in [6, 6.07) is 12.6. The van der Waals surface area contributed by atoms with Crippen LogP contribution in [-0.4, -0.2) is 19.8 Å². The smallest absolute Gasteiger partial charge is 0.129 e. The molecule has 1 fully saturated rings. The van der Waals surface area contributed by atoms with Gasteiger partial charge in [-0.15, -0.1) is 0 Å². The molecule has 4 heteroatoms. The molecule has 0 amide bonds. The lowest BCUT2D eigenvalue weighted by Crippen LogP contribution is -2.61. The van der Waals surface area contributed by atoms with Crippen molar-refractivity contribution in [1.82, 2.24) is 0 Å². The number of hydrogen-bond donors (Lipinski definition) is 0. The summed E-state index contributed by atoms with van der Waals surface area (Å²) >= 11 is 3.55. The molecule has 0 saturated heterocycles. The van der Waals surface area contributed by atoms with E-state index in [0.29, 0.717) is 0 Å². The maximum Gasteiger partial charge on any atom is 0.129 e. The summed E-state index contributed by atoms with van der Waals surface area (Å²) in [6.45, 7) is 2.39. The van der Waals surface area contributed by atoms with Crippen LogP contribution in [0.4, 0.5) is 0 Å². The molecule has 0 N–H and O–H groups in total. The summed E-state index contributed by atoms with van der Waals surface area (Å²) in [7, 11) is 3.44. The van der Waals surface area contributed by atoms with Crippen LogP contribution in [0.1, 0.15) is 55.4 Å². The molecule has 1 saturated carbocycles. The molecule has 3 aliphatic rings. The second-order valence-electron chi connectivity index (χ2n) is 8.38. The second-order valence-corrected chi connectivity index (χ2v) is 9.30. The van der Waals surface area contributed by atoms with Crippen LogP contribution in [0.2, 0.25) is 0 Å². The Morgan fingerprint density at radius 3 is 2.46 bits per heavy atom. The largest absolute Gasteiger partial charge is 0.497 e. The molecule has 1 aliphatic heterocycles. The Hall–Kier alpha value is -1.78. The van der Waals surface area contributed by atoms with Crippen molar-refractivity contribution in [3.05, 3.63) is 63.6 Å². The van der Waals surface area contributed by atoms with Crippen LogP contribution in [0.5, 0.6) is 11.5 Å². The third-order valence-electron chi connectivity index (χ3n) is 7.10. The van der Waals surface area contributed by atoms with Gasteiger partial charge in [-0.2, -0.15) is 0 Å². The van der Waals surface area contributed by atoms with E-state index >= 15 is 0 Å². The number of allylic oxidation sites excluding steroid dienone is 1. The van der Waals surface area contributed by atoms with E-state index in [9.17, 15) is 0 Å². The minimum atomic E-state index is -0.215. The zero-order valence-electron chi connectivity index (χ0n) is 16.5. The molecule has 146 valence electrons. The average Bonchev–Trinajstić information content (AvgIpc) is 2.71. The Kier molecular flexibility index (Phi) is 4.15. The summed E-state index contributed by atoms with van der Waals surface area (Å²) in [5, 5.41) is 0. The van der Waals surface area contributed by atoms with Crippen molar-refractivity contribution in [3.8, 4) is 11.5 Å². The predicted molar refractivity (Wildman–Crippen MR) is 114 cm³/mol. The van der Waals surface area contributed by atoms with Crippen molar-refractivity contribution >= 4 is 21.5 Å². The topological polar surface area (TPSA) is 27.7 Å². The first-order chi connectivity index (χ1) is 13.5. The van der Waals surface area contributed by atoms with Gasteiger partial charge in [-0.05, 0) is 60.6 Å². The van der Waals surface area contributed by atoms with Crippen LogP contribution in [0.15, 0.2) is 46.9 Å². The third kappa shape index (κ3) is 2.37. The lowest BCUT2D eigenvalue weighted by atomic mass is 9.49. The van der Waals surface area contributed by atoms with E-state index in [1.165, 1.54) is 24.0 Å². The number of hydrogen-bond acceptors (Lipinski definition) is 3. The minimum absolute atomic E-state index is 0.154. The maximum atomic E-state index is 7.04. The standard InChI is InChI=1S/C24H25BrO3/c1-23-10-4-5-19-18-13-17(26-2)14-20(27-3)21(18)22(28-24(19,23)12-11-23)15-6-8-16(25)9-7-15/h5-9,13-14,22H,4,10-12H2,1-3H3/t22-,23+,24-/m0/s1. The van der Waals surface area contributed by atoms with Crippen molar-refractivity contribution in [2.45, 2.75) is 44.3 Å². The van der Waals surface area contributed by atoms with Gasteiger partial charge >= 0.3 is 0 Å². The molecule has 2 aromatic carbocycles. The Morgan fingerprint density at radius 1 is 1.04 bits per heavy atom. The Balaban J connectivity index is 1.78. The van der Waals surface area contributed by atoms with Crippen LogP contribution in [0.25, 0.3) is 5.57 Å². The normalized spacial score (nSPS) is 30.3. The number of benzene rings is 2. The fraction of sp³-hybridized carbons (Fsp3) is 0.417. The molecule has 0 aromatic heterocycles. The number of halogens is 1. The minimum Gasteiger partial charge on any atom is -0.497 e. The maximum absolute atomic E-state index is 7.04. The number of fused-ring (bicyclic) bond motifs is 2. The van der Waals surface area contributed by atoms with Gasteiger partial charge in [0, 0.05) is 21.5 Å². The molecule has 3 nitrogen and oxygen atoms in total. The second kappa shape index (κ2) is 6.36. The lowest BCUT2D eigenvalue weighted by Gasteiger charge is -2.63. The van der Waals surface area contributed by atoms with Crippen LogP contribution in [0, 0.1) is 5.41 Å². The Morgan fingerprint density at radius 2 is 1.82 bits per heavy atom. The van der Waals surface area contributed by atoms with Crippen molar-refractivity contribution < 1.29 is 14.2 Å². The van der Waals surface area contributed by atoms with E-state index < -0.39 is 0 Å². The molecule has 2 aliphatic carbocycles. The van der Waals surface area contributed by atoms with Gasteiger partial charge in [-0.25, -0.2) is 0 Å². The summed E-state index contributed by atoms with van der Waals surface area (Å²) in [5.74, 6) is 1.65. The zero-order chi connectivity index (χ0) is 19.5. The molecule has 2 aromatic rings. The van der Waals surface area contributed by atoms with E-state index in [1.54, 1.807) is 14.2 Å². The fourth-order valence-electron chi connectivity index (χ4n) is 5.37. The van der Waals surface area contributed by atoms with Crippen molar-refractivity contribution in [1.29, 1.82) is 0 Å². The van der Waals surface area contributed by atoms with Gasteiger partial charge in [0.25, 0.3) is 0 Å². The van der Waals surface area contributed by atoms with Crippen molar-refractivity contribution in [2.75, 3.05) is 14.2 Å². The van der Waals surface area contributed by atoms with Gasteiger partial charge in [0.1, 0.15) is 23.2 Å². The zero-order valence-corrected chi connectivity index (χ0v) is 18.1. The highest BCUT2D eigenvalue weighted by molar-refractivity contribution is 9.10. The third-order valence-corrected chi connectivity index (χ3v) is 7.63. The molecule has 5 rings (SSSR count). The summed E-state index contributed by atoms with van der Waals surface area (Å²) in [6.07, 6.45) is 6.79. The predicted octanol–water partition coefficient (Wildman–Crippen LogP) is 6.30. The van der Waals surface area contributed by atoms with Crippen LogP contribution in [-0.2, 0) is 4.74 Å². The van der Waals surface area contributed by atoms with E-state index in [-0.39, 0.29) is 17.1 Å². The van der Waals surface area contributed by atoms with Gasteiger partial charge in [0.2, 0.25) is 0 Å². The van der Waals surface area contributed by atoms with E-state index in [0.717, 1.165) is 39.9 Å².